The van der Waals surface area contributed by atoms with E-state index >= 15 is 0 Å². The molecule has 1 saturated carbocycles. The Labute approximate surface area is 150 Å². The second-order valence-corrected chi connectivity index (χ2v) is 7.92. The van der Waals surface area contributed by atoms with Gasteiger partial charge in [-0.1, -0.05) is 18.9 Å². The van der Waals surface area contributed by atoms with Crippen LogP contribution in [0.25, 0.3) is 0 Å². The molecule has 1 aromatic carbocycles. The zero-order valence-corrected chi connectivity index (χ0v) is 14.9. The molecule has 4 rings (SSSR count). The summed E-state index contributed by atoms with van der Waals surface area (Å²) in [6.45, 7) is 0.558. The lowest BCUT2D eigenvalue weighted by atomic mass is 9.59. The highest BCUT2D eigenvalue weighted by Gasteiger charge is 2.41. The molecule has 0 bridgehead atoms. The van der Waals surface area contributed by atoms with Crippen molar-refractivity contribution in [3.63, 3.8) is 0 Å². The van der Waals surface area contributed by atoms with Crippen molar-refractivity contribution in [3.05, 3.63) is 52.8 Å². The predicted octanol–water partition coefficient (Wildman–Crippen LogP) is 5.00. The van der Waals surface area contributed by atoms with Gasteiger partial charge < -0.3 is 14.9 Å². The van der Waals surface area contributed by atoms with Crippen LogP contribution in [0.1, 0.15) is 54.7 Å². The number of benzene rings is 1. The van der Waals surface area contributed by atoms with E-state index in [-0.39, 0.29) is 0 Å². The molecule has 0 aliphatic heterocycles. The molecular formula is C22H28O3. The van der Waals surface area contributed by atoms with Crippen LogP contribution in [0.4, 0.5) is 0 Å². The lowest BCUT2D eigenvalue weighted by Gasteiger charge is -2.46. The summed E-state index contributed by atoms with van der Waals surface area (Å²) in [7, 11) is 1.72. The van der Waals surface area contributed by atoms with Gasteiger partial charge in [-0.2, -0.15) is 0 Å². The number of methoxy groups -OCH3 is 1. The zero-order valence-electron chi connectivity index (χ0n) is 14.9. The summed E-state index contributed by atoms with van der Waals surface area (Å²) in [4.78, 5) is 0. The van der Waals surface area contributed by atoms with Crippen LogP contribution in [0.15, 0.2) is 36.1 Å². The van der Waals surface area contributed by atoms with Crippen LogP contribution in [-0.4, -0.2) is 17.3 Å². The average Bonchev–Trinajstić information content (AvgIpc) is 2.62. The Morgan fingerprint density at radius 1 is 1.12 bits per heavy atom. The molecule has 0 heterocycles. The Balaban J connectivity index is 1.73. The van der Waals surface area contributed by atoms with Gasteiger partial charge in [-0.15, -0.1) is 0 Å². The number of rotatable bonds is 3. The molecule has 0 radical (unpaired) electrons. The molecule has 134 valence electrons. The Hall–Kier alpha value is -1.74. The first-order valence-electron chi connectivity index (χ1n) is 9.58. The summed E-state index contributed by atoms with van der Waals surface area (Å²) in [6, 6.07) is 3.89. The van der Waals surface area contributed by atoms with E-state index in [1.165, 1.54) is 36.8 Å². The van der Waals surface area contributed by atoms with Crippen LogP contribution < -0.4 is 0 Å². The summed E-state index contributed by atoms with van der Waals surface area (Å²) in [6.07, 6.45) is 13.1. The van der Waals surface area contributed by atoms with E-state index in [9.17, 15) is 10.2 Å². The number of aliphatic hydroxyl groups is 1. The van der Waals surface area contributed by atoms with Crippen molar-refractivity contribution >= 4 is 0 Å². The third kappa shape index (κ3) is 3.10. The Bertz CT molecular complexity index is 703. The predicted molar refractivity (Wildman–Crippen MR) is 98.7 cm³/mol. The molecule has 25 heavy (non-hydrogen) atoms. The van der Waals surface area contributed by atoms with Gasteiger partial charge in [0.25, 0.3) is 0 Å². The molecule has 3 aliphatic carbocycles. The second kappa shape index (κ2) is 6.87. The molecular weight excluding hydrogens is 312 g/mol. The minimum Gasteiger partial charge on any atom is -0.508 e. The van der Waals surface area contributed by atoms with Crippen LogP contribution >= 0.6 is 0 Å². The third-order valence-corrected chi connectivity index (χ3v) is 6.53. The lowest BCUT2D eigenvalue weighted by molar-refractivity contribution is 0.150. The molecule has 1 aromatic rings. The summed E-state index contributed by atoms with van der Waals surface area (Å²) in [5, 5.41) is 19.9. The molecule has 4 atom stereocenters. The van der Waals surface area contributed by atoms with E-state index in [2.05, 4.69) is 6.08 Å². The highest BCUT2D eigenvalue weighted by Crippen LogP contribution is 2.52. The molecule has 3 nitrogen and oxygen atoms in total. The number of allylic oxidation sites excluding steroid dienone is 3. The van der Waals surface area contributed by atoms with E-state index in [0.29, 0.717) is 41.8 Å². The van der Waals surface area contributed by atoms with Gasteiger partial charge in [-0.05, 0) is 90.3 Å². The van der Waals surface area contributed by atoms with Crippen molar-refractivity contribution in [2.75, 3.05) is 7.11 Å². The number of hydrogen-bond acceptors (Lipinski definition) is 3. The van der Waals surface area contributed by atoms with Crippen LogP contribution in [0.2, 0.25) is 0 Å². The highest BCUT2D eigenvalue weighted by atomic mass is 16.5. The van der Waals surface area contributed by atoms with Gasteiger partial charge in [0.15, 0.2) is 0 Å². The lowest BCUT2D eigenvalue weighted by Crippen LogP contribution is -2.36. The van der Waals surface area contributed by atoms with Crippen LogP contribution in [0, 0.1) is 17.8 Å². The maximum absolute atomic E-state index is 10.2. The molecule has 3 aliphatic rings. The van der Waals surface area contributed by atoms with Gasteiger partial charge in [-0.3, -0.25) is 0 Å². The number of ether oxygens (including phenoxy) is 1. The normalized spacial score (nSPS) is 31.2. The van der Waals surface area contributed by atoms with Gasteiger partial charge in [0.1, 0.15) is 11.5 Å². The fourth-order valence-electron chi connectivity index (χ4n) is 5.46. The van der Waals surface area contributed by atoms with E-state index in [0.717, 1.165) is 18.4 Å². The Morgan fingerprint density at radius 2 is 1.96 bits per heavy atom. The molecule has 2 N–H and O–H groups in total. The number of hydrogen-bond donors (Lipinski definition) is 2. The molecule has 0 spiro atoms. The molecule has 3 heteroatoms. The fourth-order valence-corrected chi connectivity index (χ4v) is 5.46. The maximum Gasteiger partial charge on any atom is 0.116 e. The SMILES string of the molecule is COCc1cc(O)cc2c1C[C@@H](C1C=CC(O)=CC1)[C@H]1CCCC[C@@H]21. The summed E-state index contributed by atoms with van der Waals surface area (Å²) < 4.78 is 5.41. The number of aliphatic hydroxyl groups excluding tert-OH is 1. The largest absolute Gasteiger partial charge is 0.508 e. The third-order valence-electron chi connectivity index (χ3n) is 6.53. The number of phenols is 1. The van der Waals surface area contributed by atoms with Crippen molar-refractivity contribution in [3.8, 4) is 5.75 Å². The first-order valence-corrected chi connectivity index (χ1v) is 9.58. The van der Waals surface area contributed by atoms with Crippen molar-refractivity contribution < 1.29 is 14.9 Å². The molecule has 1 unspecified atom stereocenters. The smallest absolute Gasteiger partial charge is 0.116 e. The minimum atomic E-state index is 0.374. The van der Waals surface area contributed by atoms with Crippen LogP contribution in [-0.2, 0) is 17.8 Å². The topological polar surface area (TPSA) is 49.7 Å². The summed E-state index contributed by atoms with van der Waals surface area (Å²) >= 11 is 0. The summed E-state index contributed by atoms with van der Waals surface area (Å²) in [5.74, 6) is 3.12. The quantitative estimate of drug-likeness (QED) is 0.814. The van der Waals surface area contributed by atoms with Crippen LogP contribution in [0.5, 0.6) is 5.75 Å². The Morgan fingerprint density at radius 3 is 2.72 bits per heavy atom. The Kier molecular flexibility index (Phi) is 4.60. The van der Waals surface area contributed by atoms with Crippen molar-refractivity contribution in [1.29, 1.82) is 0 Å². The van der Waals surface area contributed by atoms with Gasteiger partial charge in [-0.25, -0.2) is 0 Å². The molecule has 0 amide bonds. The molecule has 0 saturated heterocycles. The van der Waals surface area contributed by atoms with Crippen molar-refractivity contribution in [1.82, 2.24) is 0 Å². The van der Waals surface area contributed by atoms with E-state index in [1.807, 2.05) is 24.3 Å². The monoisotopic (exact) mass is 340 g/mol. The molecule has 0 aromatic heterocycles. The number of phenolic OH excluding ortho intramolecular Hbond substituents is 1. The summed E-state index contributed by atoms with van der Waals surface area (Å²) in [5.41, 5.74) is 3.91. The number of fused-ring (bicyclic) bond motifs is 3. The van der Waals surface area contributed by atoms with E-state index in [4.69, 9.17) is 4.74 Å². The van der Waals surface area contributed by atoms with Gasteiger partial charge in [0.05, 0.1) is 6.61 Å². The first kappa shape index (κ1) is 16.7. The zero-order chi connectivity index (χ0) is 17.4. The van der Waals surface area contributed by atoms with Gasteiger partial charge >= 0.3 is 0 Å². The first-order chi connectivity index (χ1) is 12.2. The number of aromatic hydroxyl groups is 1. The van der Waals surface area contributed by atoms with Crippen LogP contribution in [0.3, 0.4) is 0 Å². The van der Waals surface area contributed by atoms with Crippen molar-refractivity contribution in [2.45, 2.75) is 51.0 Å². The fraction of sp³-hybridized carbons (Fsp3) is 0.545. The molecule has 1 fully saturated rings. The maximum atomic E-state index is 10.2. The second-order valence-electron chi connectivity index (χ2n) is 7.92. The van der Waals surface area contributed by atoms with E-state index in [1.54, 1.807) is 7.11 Å². The minimum absolute atomic E-state index is 0.374. The highest BCUT2D eigenvalue weighted by molar-refractivity contribution is 5.46. The standard InChI is InChI=1S/C22H28O3/c1-25-13-15-10-17(24)11-22-19-5-3-2-4-18(19)20(12-21(15)22)14-6-8-16(23)9-7-14/h6,8-11,14,18-20,23-24H,2-5,7,12-13H2,1H3/t14?,18-,19+,20-/m0/s1. The van der Waals surface area contributed by atoms with E-state index < -0.39 is 0 Å². The van der Waals surface area contributed by atoms with Crippen molar-refractivity contribution in [2.24, 2.45) is 17.8 Å². The average molecular weight is 340 g/mol. The van der Waals surface area contributed by atoms with Gasteiger partial charge in [0, 0.05) is 7.11 Å². The van der Waals surface area contributed by atoms with Gasteiger partial charge in [0.2, 0.25) is 0 Å².